The monoisotopic (exact) mass is 191 g/mol. The van der Waals surface area contributed by atoms with E-state index >= 15 is 0 Å². The van der Waals surface area contributed by atoms with Crippen molar-refractivity contribution in [1.82, 2.24) is 9.55 Å². The molecular formula is C10H13N3O. The van der Waals surface area contributed by atoms with Gasteiger partial charge in [-0.15, -0.1) is 0 Å². The predicted octanol–water partition coefficient (Wildman–Crippen LogP) is 1.17. The highest BCUT2D eigenvalue weighted by atomic mass is 16.3. The molecule has 0 bridgehead atoms. The molecule has 0 saturated carbocycles. The Bertz CT molecular complexity index is 340. The Morgan fingerprint density at radius 1 is 1.64 bits per heavy atom. The topological polar surface area (TPSA) is 61.8 Å². The highest BCUT2D eigenvalue weighted by Crippen LogP contribution is 2.20. The summed E-state index contributed by atoms with van der Waals surface area (Å²) >= 11 is 0. The molecule has 1 atom stereocenters. The van der Waals surface area contributed by atoms with Crippen molar-refractivity contribution in [1.29, 1.82) is 5.26 Å². The molecule has 4 nitrogen and oxygen atoms in total. The van der Waals surface area contributed by atoms with Crippen LogP contribution < -0.4 is 0 Å². The normalized spacial score (nSPS) is 17.1. The number of aliphatic hydroxyl groups excluding tert-OH is 1. The Balaban J connectivity index is 2.20. The van der Waals surface area contributed by atoms with E-state index < -0.39 is 6.10 Å². The fourth-order valence-corrected chi connectivity index (χ4v) is 1.79. The van der Waals surface area contributed by atoms with E-state index in [1.165, 1.54) is 12.8 Å². The summed E-state index contributed by atoms with van der Waals surface area (Å²) in [6, 6.07) is 1.95. The lowest BCUT2D eigenvalue weighted by molar-refractivity contribution is 0.179. The van der Waals surface area contributed by atoms with Crippen molar-refractivity contribution < 1.29 is 5.11 Å². The maximum absolute atomic E-state index is 9.57. The molecule has 1 aliphatic heterocycles. The van der Waals surface area contributed by atoms with Crippen LogP contribution in [0.2, 0.25) is 0 Å². The third kappa shape index (κ3) is 1.64. The summed E-state index contributed by atoms with van der Waals surface area (Å²) in [7, 11) is 0. The molecule has 1 N–H and O–H groups in total. The van der Waals surface area contributed by atoms with Crippen LogP contribution in [0.1, 0.15) is 36.9 Å². The van der Waals surface area contributed by atoms with Crippen molar-refractivity contribution in [3.8, 4) is 6.07 Å². The molecule has 0 aromatic carbocycles. The van der Waals surface area contributed by atoms with Crippen LogP contribution in [0.25, 0.3) is 0 Å². The molecule has 0 aliphatic carbocycles. The molecule has 1 aromatic heterocycles. The number of aromatic nitrogens is 2. The minimum Gasteiger partial charge on any atom is -0.386 e. The summed E-state index contributed by atoms with van der Waals surface area (Å²) in [4.78, 5) is 4.33. The largest absolute Gasteiger partial charge is 0.386 e. The molecule has 1 aliphatic rings. The minimum absolute atomic E-state index is 0.121. The number of fused-ring (bicyclic) bond motifs is 1. The lowest BCUT2D eigenvalue weighted by Gasteiger charge is -2.11. The molecule has 2 heterocycles. The van der Waals surface area contributed by atoms with Crippen LogP contribution in [-0.2, 0) is 13.0 Å². The van der Waals surface area contributed by atoms with E-state index in [-0.39, 0.29) is 6.42 Å². The Morgan fingerprint density at radius 3 is 3.21 bits per heavy atom. The molecule has 1 aromatic rings. The second-order valence-electron chi connectivity index (χ2n) is 3.61. The summed E-state index contributed by atoms with van der Waals surface area (Å²) in [6.45, 7) is 0.988. The van der Waals surface area contributed by atoms with E-state index in [1.54, 1.807) is 0 Å². The SMILES string of the molecule is N#CCC(O)c1cn2c(n1)CCCC2. The van der Waals surface area contributed by atoms with Crippen molar-refractivity contribution >= 4 is 0 Å². The molecule has 0 spiro atoms. The zero-order chi connectivity index (χ0) is 9.97. The molecule has 2 rings (SSSR count). The number of hydrogen-bond donors (Lipinski definition) is 1. The van der Waals surface area contributed by atoms with E-state index in [0.29, 0.717) is 5.69 Å². The number of nitriles is 1. The third-order valence-corrected chi connectivity index (χ3v) is 2.55. The molecule has 0 fully saturated rings. The molecule has 0 amide bonds. The minimum atomic E-state index is -0.724. The van der Waals surface area contributed by atoms with Crippen molar-refractivity contribution in [3.63, 3.8) is 0 Å². The van der Waals surface area contributed by atoms with Crippen molar-refractivity contribution in [2.24, 2.45) is 0 Å². The summed E-state index contributed by atoms with van der Waals surface area (Å²) < 4.78 is 2.08. The van der Waals surface area contributed by atoms with Gasteiger partial charge in [0.05, 0.1) is 18.2 Å². The van der Waals surface area contributed by atoms with Gasteiger partial charge in [-0.05, 0) is 12.8 Å². The Morgan fingerprint density at radius 2 is 2.50 bits per heavy atom. The van der Waals surface area contributed by atoms with Gasteiger partial charge < -0.3 is 9.67 Å². The van der Waals surface area contributed by atoms with E-state index in [1.807, 2.05) is 12.3 Å². The standard InChI is InChI=1S/C10H13N3O/c11-5-4-9(14)8-7-13-6-2-1-3-10(13)12-8/h7,9,14H,1-4,6H2. The van der Waals surface area contributed by atoms with Crippen LogP contribution in [0.3, 0.4) is 0 Å². The van der Waals surface area contributed by atoms with Crippen LogP contribution in [0.5, 0.6) is 0 Å². The number of aryl methyl sites for hydroxylation is 2. The summed E-state index contributed by atoms with van der Waals surface area (Å²) in [5.41, 5.74) is 0.642. The maximum atomic E-state index is 9.57. The number of aliphatic hydroxyl groups is 1. The number of rotatable bonds is 2. The van der Waals surface area contributed by atoms with Crippen LogP contribution in [0.4, 0.5) is 0 Å². The number of hydrogen-bond acceptors (Lipinski definition) is 3. The zero-order valence-electron chi connectivity index (χ0n) is 7.98. The van der Waals surface area contributed by atoms with E-state index in [2.05, 4.69) is 9.55 Å². The van der Waals surface area contributed by atoms with Gasteiger partial charge in [-0.25, -0.2) is 4.98 Å². The van der Waals surface area contributed by atoms with Gasteiger partial charge in [0.2, 0.25) is 0 Å². The fourth-order valence-electron chi connectivity index (χ4n) is 1.79. The average molecular weight is 191 g/mol. The lowest BCUT2D eigenvalue weighted by Crippen LogP contribution is -2.08. The van der Waals surface area contributed by atoms with Gasteiger partial charge >= 0.3 is 0 Å². The summed E-state index contributed by atoms with van der Waals surface area (Å²) in [5, 5.41) is 18.0. The molecule has 0 radical (unpaired) electrons. The van der Waals surface area contributed by atoms with Gasteiger partial charge in [0.15, 0.2) is 0 Å². The van der Waals surface area contributed by atoms with Gasteiger partial charge in [0.25, 0.3) is 0 Å². The first-order valence-electron chi connectivity index (χ1n) is 4.92. The number of imidazole rings is 1. The third-order valence-electron chi connectivity index (χ3n) is 2.55. The first-order chi connectivity index (χ1) is 6.81. The first-order valence-corrected chi connectivity index (χ1v) is 4.92. The second-order valence-corrected chi connectivity index (χ2v) is 3.61. The van der Waals surface area contributed by atoms with Crippen molar-refractivity contribution in [3.05, 3.63) is 17.7 Å². The van der Waals surface area contributed by atoms with Gasteiger partial charge in [0.1, 0.15) is 11.9 Å². The Labute approximate surface area is 82.8 Å². The lowest BCUT2D eigenvalue weighted by atomic mass is 10.2. The summed E-state index contributed by atoms with van der Waals surface area (Å²) in [5.74, 6) is 1.04. The van der Waals surface area contributed by atoms with E-state index in [4.69, 9.17) is 5.26 Å². The maximum Gasteiger partial charge on any atom is 0.110 e. The Kier molecular flexibility index (Phi) is 2.51. The summed E-state index contributed by atoms with van der Waals surface area (Å²) in [6.07, 6.45) is 4.60. The van der Waals surface area contributed by atoms with E-state index in [0.717, 1.165) is 18.8 Å². The molecular weight excluding hydrogens is 178 g/mol. The van der Waals surface area contributed by atoms with Crippen molar-refractivity contribution in [2.45, 2.75) is 38.3 Å². The van der Waals surface area contributed by atoms with Crippen molar-refractivity contribution in [2.75, 3.05) is 0 Å². The van der Waals surface area contributed by atoms with Gasteiger partial charge in [-0.1, -0.05) is 0 Å². The zero-order valence-corrected chi connectivity index (χ0v) is 7.98. The van der Waals surface area contributed by atoms with Crippen LogP contribution >= 0.6 is 0 Å². The van der Waals surface area contributed by atoms with Crippen LogP contribution in [-0.4, -0.2) is 14.7 Å². The van der Waals surface area contributed by atoms with Gasteiger partial charge in [0, 0.05) is 19.2 Å². The van der Waals surface area contributed by atoms with Gasteiger partial charge in [-0.3, -0.25) is 0 Å². The van der Waals surface area contributed by atoms with Gasteiger partial charge in [-0.2, -0.15) is 5.26 Å². The molecule has 4 heteroatoms. The quantitative estimate of drug-likeness (QED) is 0.763. The van der Waals surface area contributed by atoms with E-state index in [9.17, 15) is 5.11 Å². The number of nitrogens with zero attached hydrogens (tertiary/aromatic N) is 3. The molecule has 14 heavy (non-hydrogen) atoms. The fraction of sp³-hybridized carbons (Fsp3) is 0.600. The Hall–Kier alpha value is -1.34. The predicted molar refractivity (Wildman–Crippen MR) is 50.4 cm³/mol. The highest BCUT2D eigenvalue weighted by Gasteiger charge is 2.16. The second kappa shape index (κ2) is 3.81. The highest BCUT2D eigenvalue weighted by molar-refractivity contribution is 5.10. The smallest absolute Gasteiger partial charge is 0.110 e. The van der Waals surface area contributed by atoms with Crippen LogP contribution in [0, 0.1) is 11.3 Å². The molecule has 1 unspecified atom stereocenters. The average Bonchev–Trinajstić information content (AvgIpc) is 2.61. The first kappa shape index (κ1) is 9.22. The molecule has 0 saturated heterocycles. The van der Waals surface area contributed by atoms with Crippen LogP contribution in [0.15, 0.2) is 6.20 Å². The molecule has 74 valence electrons.